The van der Waals surface area contributed by atoms with E-state index in [9.17, 15) is 19.0 Å². The highest BCUT2D eigenvalue weighted by Crippen LogP contribution is 2.38. The summed E-state index contributed by atoms with van der Waals surface area (Å²) in [4.78, 5) is 37.8. The zero-order valence-corrected chi connectivity index (χ0v) is 52.3. The number of carbonyl (C=O) groups excluding carboxylic acids is 2. The average Bonchev–Trinajstić information content (AvgIpc) is 3.39. The summed E-state index contributed by atoms with van der Waals surface area (Å²) in [5, 5.41) is 0. The molecule has 0 bridgehead atoms. The second kappa shape index (κ2) is 58.6. The summed E-state index contributed by atoms with van der Waals surface area (Å²) >= 11 is 0. The molecule has 0 N–H and O–H groups in total. The number of allylic oxidation sites excluding steroid dienone is 8. The summed E-state index contributed by atoms with van der Waals surface area (Å²) in [6.07, 6.45) is 75.0. The largest absolute Gasteiger partial charge is 0.756 e. The van der Waals surface area contributed by atoms with Crippen LogP contribution in [0.15, 0.2) is 48.6 Å². The van der Waals surface area contributed by atoms with E-state index in [0.29, 0.717) is 17.4 Å². The third kappa shape index (κ3) is 63.0. The molecule has 0 saturated heterocycles. The van der Waals surface area contributed by atoms with Gasteiger partial charge in [-0.3, -0.25) is 14.2 Å². The molecule has 0 aliphatic rings. The van der Waals surface area contributed by atoms with Crippen molar-refractivity contribution in [1.82, 2.24) is 0 Å². The van der Waals surface area contributed by atoms with Crippen LogP contribution in [0.1, 0.15) is 316 Å². The van der Waals surface area contributed by atoms with Crippen LogP contribution in [0.4, 0.5) is 0 Å². The van der Waals surface area contributed by atoms with Gasteiger partial charge in [0.15, 0.2) is 6.10 Å². The number of hydrogen-bond donors (Lipinski definition) is 0. The maximum Gasteiger partial charge on any atom is 0.306 e. The van der Waals surface area contributed by atoms with Gasteiger partial charge in [0.05, 0.1) is 27.7 Å². The van der Waals surface area contributed by atoms with Crippen LogP contribution in [0.2, 0.25) is 0 Å². The lowest BCUT2D eigenvalue weighted by Crippen LogP contribution is -2.37. The van der Waals surface area contributed by atoms with Gasteiger partial charge in [0.25, 0.3) is 7.82 Å². The summed E-state index contributed by atoms with van der Waals surface area (Å²) in [6, 6.07) is 0. The van der Waals surface area contributed by atoms with Gasteiger partial charge in [-0.15, -0.1) is 0 Å². The van der Waals surface area contributed by atoms with Crippen LogP contribution in [0.25, 0.3) is 0 Å². The van der Waals surface area contributed by atoms with E-state index in [1.54, 1.807) is 0 Å². The number of quaternary nitrogens is 1. The number of phosphoric acid groups is 1. The van der Waals surface area contributed by atoms with E-state index >= 15 is 0 Å². The van der Waals surface area contributed by atoms with Crippen LogP contribution in [0.5, 0.6) is 0 Å². The van der Waals surface area contributed by atoms with Crippen molar-refractivity contribution >= 4 is 19.8 Å². The third-order valence-corrected chi connectivity index (χ3v) is 15.5. The van der Waals surface area contributed by atoms with E-state index in [-0.39, 0.29) is 32.0 Å². The van der Waals surface area contributed by atoms with Crippen LogP contribution in [-0.2, 0) is 32.7 Å². The van der Waals surface area contributed by atoms with E-state index in [0.717, 1.165) is 64.2 Å². The standard InChI is InChI=1S/C67H126NO8P/c1-6-8-10-12-14-16-18-20-21-22-23-24-25-26-27-28-29-30-31-32-33-34-35-36-37-38-39-40-41-42-43-44-45-46-47-48-50-52-54-56-58-60-67(70)76-65(64-75-77(71,72)74-62-61-68(3,4)5)63-73-66(69)59-57-55-53-51-49-19-17-15-13-11-9-7-2/h15,17-18,20,22-23,25-26,65H,6-14,16,19,21,24,27-64H2,1-5H3/b17-15-,20-18-,23-22-,26-25-. The van der Waals surface area contributed by atoms with Crippen molar-refractivity contribution in [3.8, 4) is 0 Å². The van der Waals surface area contributed by atoms with Gasteiger partial charge in [0, 0.05) is 12.8 Å². The first-order valence-corrected chi connectivity index (χ1v) is 34.3. The molecule has 0 radical (unpaired) electrons. The quantitative estimate of drug-likeness (QED) is 0.0195. The number of phosphoric ester groups is 1. The summed E-state index contributed by atoms with van der Waals surface area (Å²) in [5.41, 5.74) is 0. The topological polar surface area (TPSA) is 111 Å². The Hall–Kier alpha value is -2.03. The summed E-state index contributed by atoms with van der Waals surface area (Å²) in [5.74, 6) is -0.832. The van der Waals surface area contributed by atoms with Crippen molar-refractivity contribution in [3.05, 3.63) is 48.6 Å². The van der Waals surface area contributed by atoms with Gasteiger partial charge < -0.3 is 27.9 Å². The second-order valence-electron chi connectivity index (χ2n) is 23.5. The van der Waals surface area contributed by atoms with Crippen molar-refractivity contribution in [1.29, 1.82) is 0 Å². The lowest BCUT2D eigenvalue weighted by Gasteiger charge is -2.28. The Balaban J connectivity index is 3.83. The molecule has 9 nitrogen and oxygen atoms in total. The van der Waals surface area contributed by atoms with Gasteiger partial charge in [-0.25, -0.2) is 0 Å². The molecule has 0 amide bonds. The Morgan fingerprint density at radius 1 is 0.403 bits per heavy atom. The molecule has 0 aliphatic heterocycles. The van der Waals surface area contributed by atoms with Crippen molar-refractivity contribution in [3.63, 3.8) is 0 Å². The molecule has 2 unspecified atom stereocenters. The number of esters is 2. The summed E-state index contributed by atoms with van der Waals surface area (Å²) < 4.78 is 34.1. The van der Waals surface area contributed by atoms with Crippen LogP contribution < -0.4 is 4.89 Å². The molecule has 0 saturated carbocycles. The van der Waals surface area contributed by atoms with Crippen LogP contribution in [0.3, 0.4) is 0 Å². The number of carbonyl (C=O) groups is 2. The smallest absolute Gasteiger partial charge is 0.306 e. The van der Waals surface area contributed by atoms with E-state index in [2.05, 4.69) is 62.5 Å². The SMILES string of the molecule is CCCCC/C=C\CCCCCCCC(=O)OCC(COP(=O)([O-])OCC[N+](C)(C)C)OC(=O)CCCCCCCCCCCCCCCCCCCCCCCCCCCC/C=C\C/C=C\C/C=C\CCCCCCC. The molecule has 0 aromatic heterocycles. The van der Waals surface area contributed by atoms with Crippen molar-refractivity contribution < 1.29 is 42.1 Å². The minimum absolute atomic E-state index is 0.0304. The van der Waals surface area contributed by atoms with E-state index in [1.165, 1.54) is 218 Å². The van der Waals surface area contributed by atoms with Gasteiger partial charge in [0.2, 0.25) is 0 Å². The zero-order valence-electron chi connectivity index (χ0n) is 51.4. The van der Waals surface area contributed by atoms with E-state index in [4.69, 9.17) is 18.5 Å². The number of likely N-dealkylation sites (N-methyl/N-ethyl adjacent to an activating group) is 1. The van der Waals surface area contributed by atoms with Crippen molar-refractivity contribution in [2.24, 2.45) is 0 Å². The third-order valence-electron chi connectivity index (χ3n) is 14.6. The normalized spacial score (nSPS) is 13.5. The lowest BCUT2D eigenvalue weighted by atomic mass is 10.0. The molecular formula is C67H126NO8P. The zero-order chi connectivity index (χ0) is 56.3. The highest BCUT2D eigenvalue weighted by Gasteiger charge is 2.22. The predicted molar refractivity (Wildman–Crippen MR) is 328 cm³/mol. The van der Waals surface area contributed by atoms with Crippen LogP contribution in [0, 0.1) is 0 Å². The van der Waals surface area contributed by atoms with Crippen LogP contribution >= 0.6 is 7.82 Å². The molecule has 0 spiro atoms. The number of unbranched alkanes of at least 4 members (excludes halogenated alkanes) is 39. The first-order chi connectivity index (χ1) is 37.5. The molecule has 77 heavy (non-hydrogen) atoms. The molecule has 0 heterocycles. The number of nitrogens with zero attached hydrogens (tertiary/aromatic N) is 1. The molecule has 0 aromatic carbocycles. The van der Waals surface area contributed by atoms with Gasteiger partial charge >= 0.3 is 11.9 Å². The number of rotatable bonds is 61. The molecule has 452 valence electrons. The molecule has 0 fully saturated rings. The molecule has 0 aliphatic carbocycles. The van der Waals surface area contributed by atoms with E-state index in [1.807, 2.05) is 21.1 Å². The Morgan fingerprint density at radius 2 is 0.701 bits per heavy atom. The van der Waals surface area contributed by atoms with Gasteiger partial charge in [-0.1, -0.05) is 274 Å². The van der Waals surface area contributed by atoms with Crippen molar-refractivity contribution in [2.75, 3.05) is 47.5 Å². The first-order valence-electron chi connectivity index (χ1n) is 32.8. The van der Waals surface area contributed by atoms with Crippen LogP contribution in [-0.4, -0.2) is 70.0 Å². The van der Waals surface area contributed by atoms with Gasteiger partial charge in [-0.2, -0.15) is 0 Å². The number of ether oxygens (including phenoxy) is 2. The van der Waals surface area contributed by atoms with Gasteiger partial charge in [0.1, 0.15) is 19.8 Å². The predicted octanol–water partition coefficient (Wildman–Crippen LogP) is 20.2. The maximum atomic E-state index is 12.8. The molecule has 0 rings (SSSR count). The highest BCUT2D eigenvalue weighted by atomic mass is 31.2. The fraction of sp³-hybridized carbons (Fsp3) is 0.851. The minimum atomic E-state index is -4.63. The Bertz CT molecular complexity index is 1440. The molecule has 2 atom stereocenters. The summed E-state index contributed by atoms with van der Waals surface area (Å²) in [6.45, 7) is 4.22. The van der Waals surface area contributed by atoms with Gasteiger partial charge in [-0.05, 0) is 77.0 Å². The monoisotopic (exact) mass is 1100 g/mol. The maximum absolute atomic E-state index is 12.8. The lowest BCUT2D eigenvalue weighted by molar-refractivity contribution is -0.870. The highest BCUT2D eigenvalue weighted by molar-refractivity contribution is 7.45. The molecule has 10 heteroatoms. The molecule has 0 aromatic rings. The minimum Gasteiger partial charge on any atom is -0.756 e. The average molecular weight is 1100 g/mol. The Kier molecular flexibility index (Phi) is 57.1. The Morgan fingerprint density at radius 3 is 1.08 bits per heavy atom. The Labute approximate surface area is 477 Å². The fourth-order valence-electron chi connectivity index (χ4n) is 9.48. The van der Waals surface area contributed by atoms with Crippen molar-refractivity contribution in [2.45, 2.75) is 322 Å². The fourth-order valence-corrected chi connectivity index (χ4v) is 10.2. The first kappa shape index (κ1) is 75.0. The molecular weight excluding hydrogens is 978 g/mol. The second-order valence-corrected chi connectivity index (χ2v) is 24.9. The number of hydrogen-bond acceptors (Lipinski definition) is 8. The summed E-state index contributed by atoms with van der Waals surface area (Å²) in [7, 11) is 1.17. The van der Waals surface area contributed by atoms with E-state index < -0.39 is 26.5 Å².